The molecule has 6 aromatic carbocycles. The fraction of sp³-hybridized carbons (Fsp3) is 0. The highest BCUT2D eigenvalue weighted by atomic mass is 16.3. The van der Waals surface area contributed by atoms with Crippen LogP contribution in [0.15, 0.2) is 126 Å². The molecule has 0 N–H and O–H groups in total. The van der Waals surface area contributed by atoms with Crippen molar-refractivity contribution in [3.8, 4) is 22.3 Å². The van der Waals surface area contributed by atoms with Gasteiger partial charge in [0.05, 0.1) is 22.1 Å². The van der Waals surface area contributed by atoms with E-state index in [4.69, 9.17) is 4.42 Å². The largest absolute Gasteiger partial charge is 0.456 e. The maximum atomic E-state index is 6.75. The van der Waals surface area contributed by atoms with E-state index in [0.717, 1.165) is 87.8 Å². The Morgan fingerprint density at radius 2 is 0.805 bits per heavy atom. The molecule has 9 aromatic rings. The summed E-state index contributed by atoms with van der Waals surface area (Å²) in [5.74, 6) is 0. The molecule has 5 heteroatoms. The van der Waals surface area contributed by atoms with Crippen molar-refractivity contribution in [2.75, 3.05) is 0 Å². The molecule has 0 atom stereocenters. The van der Waals surface area contributed by atoms with Gasteiger partial charge in [-0.15, -0.1) is 0 Å². The van der Waals surface area contributed by atoms with Gasteiger partial charge in [0.2, 0.25) is 0 Å². The molecule has 0 aliphatic carbocycles. The standard InChI is InChI=1S/C36H20N4O/c1-5-23-21(27-9-3-11-29-35(27)39-19-17-37-29)13-15-31-33(23)25(7-1)26-8-2-6-24-22(14-16-32(41-31)34(24)26)28-10-4-12-30-36(28)40-20-18-38-30/h1-20H. The molecule has 5 nitrogen and oxygen atoms in total. The van der Waals surface area contributed by atoms with Crippen molar-refractivity contribution in [1.29, 1.82) is 0 Å². The average Bonchev–Trinajstić information content (AvgIpc) is 3.18. The Kier molecular flexibility index (Phi) is 4.55. The predicted octanol–water partition coefficient (Wildman–Crippen LogP) is 9.11. The van der Waals surface area contributed by atoms with Gasteiger partial charge in [-0.1, -0.05) is 60.7 Å². The highest BCUT2D eigenvalue weighted by Gasteiger charge is 2.18. The zero-order chi connectivity index (χ0) is 26.9. The second-order valence-corrected chi connectivity index (χ2v) is 10.2. The maximum Gasteiger partial charge on any atom is 0.135 e. The van der Waals surface area contributed by atoms with Crippen LogP contribution in [0.4, 0.5) is 0 Å². The normalized spacial score (nSPS) is 11.9. The number of nitrogens with zero attached hydrogens (tertiary/aromatic N) is 4. The highest BCUT2D eigenvalue weighted by Crippen LogP contribution is 2.43. The topological polar surface area (TPSA) is 64.7 Å². The fourth-order valence-corrected chi connectivity index (χ4v) is 6.38. The fourth-order valence-electron chi connectivity index (χ4n) is 6.38. The van der Waals surface area contributed by atoms with Crippen molar-refractivity contribution < 1.29 is 4.42 Å². The van der Waals surface area contributed by atoms with Crippen molar-refractivity contribution in [2.24, 2.45) is 0 Å². The molecule has 0 saturated carbocycles. The summed E-state index contributed by atoms with van der Waals surface area (Å²) in [6.45, 7) is 0. The lowest BCUT2D eigenvalue weighted by atomic mass is 9.92. The zero-order valence-corrected chi connectivity index (χ0v) is 21.7. The van der Waals surface area contributed by atoms with Crippen molar-refractivity contribution in [1.82, 2.24) is 19.9 Å². The van der Waals surface area contributed by atoms with Gasteiger partial charge >= 0.3 is 0 Å². The Hall–Kier alpha value is -5.68. The first-order valence-electron chi connectivity index (χ1n) is 13.5. The molecule has 9 rings (SSSR count). The molecule has 190 valence electrons. The number of fused-ring (bicyclic) bond motifs is 3. The first-order valence-corrected chi connectivity index (χ1v) is 13.5. The summed E-state index contributed by atoms with van der Waals surface area (Å²) in [5, 5.41) is 6.70. The molecular formula is C36H20N4O. The summed E-state index contributed by atoms with van der Waals surface area (Å²) in [5.41, 5.74) is 9.53. The summed E-state index contributed by atoms with van der Waals surface area (Å²) in [6.07, 6.45) is 6.97. The van der Waals surface area contributed by atoms with E-state index in [1.54, 1.807) is 24.8 Å². The SMILES string of the molecule is c1cc(-c2ccc3oc4ccc(-c5cccc6nccnc56)c5cccc(c6cccc2c36)c45)c2nccnc2c1. The van der Waals surface area contributed by atoms with Gasteiger partial charge in [0.25, 0.3) is 0 Å². The second-order valence-electron chi connectivity index (χ2n) is 10.2. The lowest BCUT2D eigenvalue weighted by Gasteiger charge is -2.11. The van der Waals surface area contributed by atoms with Crippen LogP contribution >= 0.6 is 0 Å². The van der Waals surface area contributed by atoms with E-state index < -0.39 is 0 Å². The summed E-state index contributed by atoms with van der Waals surface area (Å²) in [6, 6.07) is 33.8. The molecule has 0 aliphatic heterocycles. The Labute approximate surface area is 233 Å². The van der Waals surface area contributed by atoms with E-state index in [1.165, 1.54) is 0 Å². The number of para-hydroxylation sites is 2. The highest BCUT2D eigenvalue weighted by molar-refractivity contribution is 6.26. The Morgan fingerprint density at radius 1 is 0.366 bits per heavy atom. The van der Waals surface area contributed by atoms with Gasteiger partial charge in [-0.25, -0.2) is 0 Å². The summed E-state index contributed by atoms with van der Waals surface area (Å²) < 4.78 is 6.75. The predicted molar refractivity (Wildman–Crippen MR) is 166 cm³/mol. The molecule has 3 aromatic heterocycles. The van der Waals surface area contributed by atoms with Crippen LogP contribution in [0.1, 0.15) is 0 Å². The van der Waals surface area contributed by atoms with Gasteiger partial charge in [-0.3, -0.25) is 19.9 Å². The van der Waals surface area contributed by atoms with Crippen LogP contribution in [0.5, 0.6) is 0 Å². The van der Waals surface area contributed by atoms with Crippen LogP contribution in [0.25, 0.3) is 87.8 Å². The molecule has 0 radical (unpaired) electrons. The Morgan fingerprint density at radius 3 is 1.32 bits per heavy atom. The van der Waals surface area contributed by atoms with Gasteiger partial charge in [-0.05, 0) is 69.1 Å². The maximum absolute atomic E-state index is 6.75. The van der Waals surface area contributed by atoms with Crippen LogP contribution in [0.2, 0.25) is 0 Å². The monoisotopic (exact) mass is 524 g/mol. The van der Waals surface area contributed by atoms with Crippen molar-refractivity contribution in [2.45, 2.75) is 0 Å². The van der Waals surface area contributed by atoms with E-state index in [1.807, 2.05) is 24.3 Å². The quantitative estimate of drug-likeness (QED) is 0.226. The van der Waals surface area contributed by atoms with Crippen LogP contribution in [0, 0.1) is 0 Å². The molecule has 0 bridgehead atoms. The van der Waals surface area contributed by atoms with Gasteiger partial charge < -0.3 is 4.42 Å². The minimum absolute atomic E-state index is 0.840. The molecule has 0 unspecified atom stereocenters. The number of aromatic nitrogens is 4. The van der Waals surface area contributed by atoms with Crippen molar-refractivity contribution >= 4 is 65.6 Å². The first kappa shape index (κ1) is 22.2. The van der Waals surface area contributed by atoms with E-state index in [-0.39, 0.29) is 0 Å². The van der Waals surface area contributed by atoms with Crippen LogP contribution in [-0.4, -0.2) is 19.9 Å². The summed E-state index contributed by atoms with van der Waals surface area (Å²) in [4.78, 5) is 18.4. The molecule has 0 amide bonds. The third kappa shape index (κ3) is 3.17. The molecule has 3 heterocycles. The summed E-state index contributed by atoms with van der Waals surface area (Å²) >= 11 is 0. The van der Waals surface area contributed by atoms with Crippen LogP contribution in [-0.2, 0) is 0 Å². The molecular weight excluding hydrogens is 504 g/mol. The molecule has 0 saturated heterocycles. The number of hydrogen-bond acceptors (Lipinski definition) is 5. The third-order valence-electron chi connectivity index (χ3n) is 8.09. The van der Waals surface area contributed by atoms with Gasteiger partial charge in [0.15, 0.2) is 0 Å². The van der Waals surface area contributed by atoms with E-state index in [2.05, 4.69) is 92.7 Å². The van der Waals surface area contributed by atoms with Gasteiger partial charge in [0, 0.05) is 46.7 Å². The lowest BCUT2D eigenvalue weighted by Crippen LogP contribution is -1.89. The van der Waals surface area contributed by atoms with E-state index >= 15 is 0 Å². The average molecular weight is 525 g/mol. The molecule has 0 aliphatic rings. The van der Waals surface area contributed by atoms with E-state index in [0.29, 0.717) is 0 Å². The minimum Gasteiger partial charge on any atom is -0.456 e. The Bertz CT molecular complexity index is 2310. The van der Waals surface area contributed by atoms with E-state index in [9.17, 15) is 0 Å². The molecule has 0 fully saturated rings. The molecule has 0 spiro atoms. The van der Waals surface area contributed by atoms with Crippen LogP contribution in [0.3, 0.4) is 0 Å². The summed E-state index contributed by atoms with van der Waals surface area (Å²) in [7, 11) is 0. The van der Waals surface area contributed by atoms with Gasteiger partial charge in [0.1, 0.15) is 11.2 Å². The third-order valence-corrected chi connectivity index (χ3v) is 8.09. The van der Waals surface area contributed by atoms with Crippen molar-refractivity contribution in [3.63, 3.8) is 0 Å². The first-order chi connectivity index (χ1) is 20.3. The zero-order valence-electron chi connectivity index (χ0n) is 21.7. The lowest BCUT2D eigenvalue weighted by molar-refractivity contribution is 0.664. The number of benzene rings is 6. The molecule has 41 heavy (non-hydrogen) atoms. The van der Waals surface area contributed by atoms with Crippen LogP contribution < -0.4 is 0 Å². The van der Waals surface area contributed by atoms with Crippen molar-refractivity contribution in [3.05, 3.63) is 122 Å². The minimum atomic E-state index is 0.840. The second kappa shape index (κ2) is 8.41. The number of rotatable bonds is 2. The Balaban J connectivity index is 1.41. The smallest absolute Gasteiger partial charge is 0.135 e. The van der Waals surface area contributed by atoms with Gasteiger partial charge in [-0.2, -0.15) is 0 Å². The number of hydrogen-bond donors (Lipinski definition) is 0.